The summed E-state index contributed by atoms with van der Waals surface area (Å²) < 4.78 is 27.0. The lowest BCUT2D eigenvalue weighted by atomic mass is 9.84. The fourth-order valence-corrected chi connectivity index (χ4v) is 4.23. The van der Waals surface area contributed by atoms with Crippen molar-refractivity contribution in [2.75, 3.05) is 11.0 Å². The molecule has 1 aromatic heterocycles. The van der Waals surface area contributed by atoms with Gasteiger partial charge in [0.25, 0.3) is 5.56 Å². The van der Waals surface area contributed by atoms with E-state index in [1.54, 1.807) is 12.1 Å². The van der Waals surface area contributed by atoms with E-state index in [0.29, 0.717) is 11.4 Å². The van der Waals surface area contributed by atoms with E-state index in [9.17, 15) is 18.0 Å². The molecule has 0 aliphatic rings. The number of hydrogen-bond donors (Lipinski definition) is 2. The lowest BCUT2D eigenvalue weighted by Gasteiger charge is -2.22. The van der Waals surface area contributed by atoms with Gasteiger partial charge in [-0.1, -0.05) is 45.0 Å². The molecule has 1 heterocycles. The Hall–Kier alpha value is -3.65. The summed E-state index contributed by atoms with van der Waals surface area (Å²) >= 11 is 0. The van der Waals surface area contributed by atoms with Gasteiger partial charge < -0.3 is 0 Å². The molecule has 4 rings (SSSR count). The second-order valence-corrected chi connectivity index (χ2v) is 10.9. The Balaban J connectivity index is 1.86. The molecule has 0 aliphatic heterocycles. The monoisotopic (exact) mass is 463 g/mol. The fourth-order valence-electron chi connectivity index (χ4n) is 3.67. The molecule has 0 amide bonds. The van der Waals surface area contributed by atoms with Crippen molar-refractivity contribution >= 4 is 26.5 Å². The van der Waals surface area contributed by atoms with E-state index in [4.69, 9.17) is 0 Å². The van der Waals surface area contributed by atoms with Crippen LogP contribution >= 0.6 is 0 Å². The number of sulfonamides is 1. The number of anilines is 1. The van der Waals surface area contributed by atoms with Crippen molar-refractivity contribution in [1.82, 2.24) is 9.55 Å². The quantitative estimate of drug-likeness (QED) is 0.477. The minimum atomic E-state index is -3.35. The number of rotatable bonds is 4. The van der Waals surface area contributed by atoms with E-state index in [1.807, 2.05) is 36.4 Å². The normalized spacial score (nSPS) is 12.1. The van der Waals surface area contributed by atoms with Gasteiger partial charge in [-0.15, -0.1) is 0 Å². The summed E-state index contributed by atoms with van der Waals surface area (Å²) in [4.78, 5) is 26.2. The molecule has 2 N–H and O–H groups in total. The second kappa shape index (κ2) is 8.04. The van der Waals surface area contributed by atoms with E-state index in [1.165, 1.54) is 16.8 Å². The summed E-state index contributed by atoms with van der Waals surface area (Å²) in [5, 5.41) is 1.85. The highest BCUT2D eigenvalue weighted by Crippen LogP contribution is 2.32. The Labute approximate surface area is 191 Å². The van der Waals surface area contributed by atoms with Crippen molar-refractivity contribution in [1.29, 1.82) is 0 Å². The molecule has 0 atom stereocenters. The lowest BCUT2D eigenvalue weighted by Crippen LogP contribution is -2.27. The maximum absolute atomic E-state index is 12.4. The van der Waals surface area contributed by atoms with Crippen molar-refractivity contribution < 1.29 is 8.42 Å². The summed E-state index contributed by atoms with van der Waals surface area (Å²) in [6.45, 7) is 6.30. The minimum Gasteiger partial charge on any atom is -0.284 e. The first-order valence-electron chi connectivity index (χ1n) is 10.4. The van der Waals surface area contributed by atoms with E-state index >= 15 is 0 Å². The molecule has 0 radical (unpaired) electrons. The van der Waals surface area contributed by atoms with Crippen LogP contribution < -0.4 is 16.0 Å². The average molecular weight is 464 g/mol. The number of benzene rings is 3. The maximum atomic E-state index is 12.4. The van der Waals surface area contributed by atoms with Crippen molar-refractivity contribution in [3.05, 3.63) is 93.3 Å². The molecule has 0 unspecified atom stereocenters. The number of nitrogens with zero attached hydrogens (tertiary/aromatic N) is 1. The van der Waals surface area contributed by atoms with Gasteiger partial charge in [0, 0.05) is 18.0 Å². The molecule has 8 heteroatoms. The lowest BCUT2D eigenvalue weighted by molar-refractivity contribution is 0.590. The summed E-state index contributed by atoms with van der Waals surface area (Å²) in [6.07, 6.45) is 2.59. The van der Waals surface area contributed by atoms with Crippen LogP contribution in [0.3, 0.4) is 0 Å². The first kappa shape index (κ1) is 22.5. The Bertz CT molecular complexity index is 1590. The smallest absolute Gasteiger partial charge is 0.284 e. The van der Waals surface area contributed by atoms with Crippen LogP contribution in [0, 0.1) is 0 Å². The number of nitrogens with one attached hydrogen (secondary N) is 2. The third-order valence-corrected chi connectivity index (χ3v) is 5.97. The molecular formula is C25H25N3O4S. The van der Waals surface area contributed by atoms with Gasteiger partial charge in [0.1, 0.15) is 0 Å². The summed E-state index contributed by atoms with van der Waals surface area (Å²) in [5.41, 5.74) is 2.98. The minimum absolute atomic E-state index is 0.167. The summed E-state index contributed by atoms with van der Waals surface area (Å²) in [6, 6.07) is 18.6. The third-order valence-electron chi connectivity index (χ3n) is 5.36. The second-order valence-electron chi connectivity index (χ2n) is 9.15. The van der Waals surface area contributed by atoms with Crippen LogP contribution in [0.1, 0.15) is 26.3 Å². The summed E-state index contributed by atoms with van der Waals surface area (Å²) in [5.74, 6) is 0. The molecule has 7 nitrogen and oxygen atoms in total. The Morgan fingerprint density at radius 2 is 1.55 bits per heavy atom. The van der Waals surface area contributed by atoms with Crippen molar-refractivity contribution in [3.63, 3.8) is 0 Å². The molecule has 0 saturated heterocycles. The largest absolute Gasteiger partial charge is 0.332 e. The first-order valence-corrected chi connectivity index (χ1v) is 12.3. The zero-order valence-corrected chi connectivity index (χ0v) is 19.7. The van der Waals surface area contributed by atoms with Crippen LogP contribution in [0.25, 0.3) is 27.6 Å². The van der Waals surface area contributed by atoms with E-state index in [-0.39, 0.29) is 5.41 Å². The van der Waals surface area contributed by atoms with Gasteiger partial charge in [0.05, 0.1) is 11.9 Å². The highest BCUT2D eigenvalue weighted by Gasteiger charge is 2.17. The Morgan fingerprint density at radius 3 is 2.21 bits per heavy atom. The Morgan fingerprint density at radius 1 is 0.848 bits per heavy atom. The standard InChI is InChI=1S/C25H25N3O4S/c1-25(2,3)20-12-19(14-22(15-20)28-10-9-23(29)26-24(28)30)17-5-6-18-13-21(27-33(4,31)32)8-7-16(18)11-17/h5-15,27H,1-4H3,(H,26,29,30). The number of fused-ring (bicyclic) bond motifs is 1. The van der Waals surface area contributed by atoms with Gasteiger partial charge in [0.2, 0.25) is 10.0 Å². The van der Waals surface area contributed by atoms with Gasteiger partial charge >= 0.3 is 5.69 Å². The van der Waals surface area contributed by atoms with Crippen LogP contribution in [0.4, 0.5) is 5.69 Å². The van der Waals surface area contributed by atoms with Gasteiger partial charge in [0.15, 0.2) is 0 Å². The van der Waals surface area contributed by atoms with E-state index in [2.05, 4.69) is 36.5 Å². The van der Waals surface area contributed by atoms with E-state index in [0.717, 1.165) is 33.7 Å². The molecule has 170 valence electrons. The molecule has 0 bridgehead atoms. The van der Waals surface area contributed by atoms with Gasteiger partial charge in [-0.2, -0.15) is 0 Å². The molecule has 0 aliphatic carbocycles. The van der Waals surface area contributed by atoms with Crippen molar-refractivity contribution in [3.8, 4) is 16.8 Å². The van der Waals surface area contributed by atoms with Crippen LogP contribution in [0.15, 0.2) is 76.4 Å². The van der Waals surface area contributed by atoms with Crippen LogP contribution in [-0.2, 0) is 15.4 Å². The number of aromatic amines is 1. The van der Waals surface area contributed by atoms with Gasteiger partial charge in [-0.25, -0.2) is 13.2 Å². The highest BCUT2D eigenvalue weighted by atomic mass is 32.2. The number of aromatic nitrogens is 2. The van der Waals surface area contributed by atoms with Gasteiger partial charge in [-0.05, 0) is 63.2 Å². The zero-order chi connectivity index (χ0) is 24.0. The topological polar surface area (TPSA) is 101 Å². The zero-order valence-electron chi connectivity index (χ0n) is 18.8. The van der Waals surface area contributed by atoms with E-state index < -0.39 is 21.3 Å². The maximum Gasteiger partial charge on any atom is 0.332 e. The van der Waals surface area contributed by atoms with Crippen molar-refractivity contribution in [2.45, 2.75) is 26.2 Å². The molecule has 0 saturated carbocycles. The number of H-pyrrole nitrogens is 1. The SMILES string of the molecule is CC(C)(C)c1cc(-c2ccc3cc(NS(C)(=O)=O)ccc3c2)cc(-n2ccc(=O)[nH]c2=O)c1. The first-order chi connectivity index (χ1) is 15.4. The fraction of sp³-hybridized carbons (Fsp3) is 0.200. The molecule has 0 spiro atoms. The number of hydrogen-bond acceptors (Lipinski definition) is 4. The van der Waals surface area contributed by atoms with Gasteiger partial charge in [-0.3, -0.25) is 19.1 Å². The average Bonchev–Trinajstić information content (AvgIpc) is 2.71. The predicted molar refractivity (Wildman–Crippen MR) is 133 cm³/mol. The van der Waals surface area contributed by atoms with Crippen LogP contribution in [0.5, 0.6) is 0 Å². The molecule has 3 aromatic carbocycles. The summed E-state index contributed by atoms with van der Waals surface area (Å²) in [7, 11) is -3.35. The third kappa shape index (κ3) is 5.06. The van der Waals surface area contributed by atoms with Crippen LogP contribution in [-0.4, -0.2) is 24.2 Å². The highest BCUT2D eigenvalue weighted by molar-refractivity contribution is 7.92. The molecular weight excluding hydrogens is 438 g/mol. The Kier molecular flexibility index (Phi) is 5.49. The van der Waals surface area contributed by atoms with Crippen LogP contribution in [0.2, 0.25) is 0 Å². The molecule has 33 heavy (non-hydrogen) atoms. The molecule has 4 aromatic rings. The molecule has 0 fully saturated rings. The van der Waals surface area contributed by atoms with Crippen molar-refractivity contribution in [2.24, 2.45) is 0 Å². The predicted octanol–water partition coefficient (Wildman–Crippen LogP) is 4.02.